The fourth-order valence-electron chi connectivity index (χ4n) is 2.21. The molecule has 3 atom stereocenters. The van der Waals surface area contributed by atoms with E-state index < -0.39 is 36.4 Å². The molecule has 118 valence electrons. The van der Waals surface area contributed by atoms with Gasteiger partial charge in [0.2, 0.25) is 0 Å². The van der Waals surface area contributed by atoms with Crippen molar-refractivity contribution >= 4 is 17.7 Å². The van der Waals surface area contributed by atoms with E-state index in [1.54, 1.807) is 6.92 Å². The molecule has 0 aromatic heterocycles. The molecule has 22 heavy (non-hydrogen) atoms. The molecule has 6 nitrogen and oxygen atoms in total. The van der Waals surface area contributed by atoms with Crippen LogP contribution in [-0.4, -0.2) is 36.5 Å². The minimum Gasteiger partial charge on any atom is -0.466 e. The minimum absolute atomic E-state index is 0.191. The van der Waals surface area contributed by atoms with Crippen LogP contribution in [0.3, 0.4) is 0 Å². The van der Waals surface area contributed by atoms with Crippen LogP contribution < -0.4 is 0 Å². The molecule has 1 aromatic rings. The van der Waals surface area contributed by atoms with Gasteiger partial charge in [0.1, 0.15) is 18.6 Å². The van der Waals surface area contributed by atoms with Crippen LogP contribution in [0.25, 0.3) is 0 Å². The highest BCUT2D eigenvalue weighted by atomic mass is 16.6. The van der Waals surface area contributed by atoms with Crippen molar-refractivity contribution in [2.24, 2.45) is 0 Å². The Labute approximate surface area is 128 Å². The second kappa shape index (κ2) is 7.17. The molecule has 1 aliphatic heterocycles. The molecule has 1 fully saturated rings. The monoisotopic (exact) mass is 306 g/mol. The highest BCUT2D eigenvalue weighted by Gasteiger charge is 2.50. The fraction of sp³-hybridized carbons (Fsp3) is 0.438. The Morgan fingerprint density at radius 1 is 1.23 bits per heavy atom. The van der Waals surface area contributed by atoms with E-state index in [0.717, 1.165) is 5.56 Å². The SMILES string of the molecule is CCOC(=O)CC(=O)C(OC(C)=O)C1OC1c1ccccc1. The van der Waals surface area contributed by atoms with E-state index in [2.05, 4.69) is 0 Å². The molecule has 0 N–H and O–H groups in total. The summed E-state index contributed by atoms with van der Waals surface area (Å²) in [4.78, 5) is 34.8. The summed E-state index contributed by atoms with van der Waals surface area (Å²) in [5.41, 5.74) is 0.897. The van der Waals surface area contributed by atoms with Crippen molar-refractivity contribution in [3.05, 3.63) is 35.9 Å². The van der Waals surface area contributed by atoms with Crippen molar-refractivity contribution < 1.29 is 28.6 Å². The summed E-state index contributed by atoms with van der Waals surface area (Å²) in [6.07, 6.45) is -2.40. The van der Waals surface area contributed by atoms with Crippen molar-refractivity contribution in [1.82, 2.24) is 0 Å². The number of benzene rings is 1. The first-order valence-corrected chi connectivity index (χ1v) is 7.09. The quantitative estimate of drug-likeness (QED) is 0.432. The van der Waals surface area contributed by atoms with Gasteiger partial charge in [-0.15, -0.1) is 0 Å². The molecule has 0 aliphatic carbocycles. The molecule has 0 radical (unpaired) electrons. The van der Waals surface area contributed by atoms with Crippen LogP contribution in [0.2, 0.25) is 0 Å². The topological polar surface area (TPSA) is 82.2 Å². The summed E-state index contributed by atoms with van der Waals surface area (Å²) < 4.78 is 15.3. The van der Waals surface area contributed by atoms with Gasteiger partial charge >= 0.3 is 11.9 Å². The zero-order valence-electron chi connectivity index (χ0n) is 12.5. The predicted octanol–water partition coefficient (Wildman–Crippen LogP) is 1.58. The zero-order chi connectivity index (χ0) is 16.1. The number of ketones is 1. The summed E-state index contributed by atoms with van der Waals surface area (Å²) >= 11 is 0. The third kappa shape index (κ3) is 4.14. The minimum atomic E-state index is -1.09. The third-order valence-corrected chi connectivity index (χ3v) is 3.19. The van der Waals surface area contributed by atoms with Gasteiger partial charge in [-0.1, -0.05) is 30.3 Å². The van der Waals surface area contributed by atoms with Gasteiger partial charge in [0.05, 0.1) is 6.61 Å². The molecular weight excluding hydrogens is 288 g/mol. The van der Waals surface area contributed by atoms with Crippen LogP contribution in [0.15, 0.2) is 30.3 Å². The third-order valence-electron chi connectivity index (χ3n) is 3.19. The number of hydrogen-bond acceptors (Lipinski definition) is 6. The van der Waals surface area contributed by atoms with Crippen LogP contribution in [0.1, 0.15) is 31.9 Å². The number of esters is 2. The Bertz CT molecular complexity index is 553. The van der Waals surface area contributed by atoms with Gasteiger partial charge in [-0.05, 0) is 12.5 Å². The number of hydrogen-bond donors (Lipinski definition) is 0. The first-order chi connectivity index (χ1) is 10.5. The first-order valence-electron chi connectivity index (χ1n) is 7.09. The number of carbonyl (C=O) groups excluding carboxylic acids is 3. The molecule has 1 aromatic carbocycles. The lowest BCUT2D eigenvalue weighted by molar-refractivity contribution is -0.157. The summed E-state index contributed by atoms with van der Waals surface area (Å²) in [6.45, 7) is 3.06. The van der Waals surface area contributed by atoms with Crippen LogP contribution in [0.5, 0.6) is 0 Å². The van der Waals surface area contributed by atoms with Gasteiger partial charge in [-0.25, -0.2) is 0 Å². The van der Waals surface area contributed by atoms with E-state index in [1.165, 1.54) is 6.92 Å². The molecular formula is C16H18O6. The van der Waals surface area contributed by atoms with Crippen LogP contribution >= 0.6 is 0 Å². The predicted molar refractivity (Wildman–Crippen MR) is 75.9 cm³/mol. The van der Waals surface area contributed by atoms with Gasteiger partial charge in [-0.2, -0.15) is 0 Å². The lowest BCUT2D eigenvalue weighted by atomic mass is 10.0. The molecule has 1 saturated heterocycles. The van der Waals surface area contributed by atoms with E-state index in [4.69, 9.17) is 14.2 Å². The Hall–Kier alpha value is -2.21. The number of carbonyl (C=O) groups is 3. The number of epoxide rings is 1. The average Bonchev–Trinajstić information content (AvgIpc) is 3.26. The van der Waals surface area contributed by atoms with Gasteiger partial charge < -0.3 is 14.2 Å². The second-order valence-electron chi connectivity index (χ2n) is 4.91. The van der Waals surface area contributed by atoms with Crippen LogP contribution in [-0.2, 0) is 28.6 Å². The summed E-state index contributed by atoms with van der Waals surface area (Å²) in [7, 11) is 0. The molecule has 0 bridgehead atoms. The van der Waals surface area contributed by atoms with Crippen LogP contribution in [0, 0.1) is 0 Å². The molecule has 1 aliphatic rings. The Balaban J connectivity index is 2.03. The van der Waals surface area contributed by atoms with Crippen molar-refractivity contribution in [2.75, 3.05) is 6.61 Å². The Morgan fingerprint density at radius 3 is 2.50 bits per heavy atom. The van der Waals surface area contributed by atoms with Crippen molar-refractivity contribution in [2.45, 2.75) is 38.6 Å². The van der Waals surface area contributed by atoms with E-state index >= 15 is 0 Å². The van der Waals surface area contributed by atoms with Crippen LogP contribution in [0.4, 0.5) is 0 Å². The fourth-order valence-corrected chi connectivity index (χ4v) is 2.21. The number of rotatable bonds is 7. The molecule has 1 heterocycles. The maximum Gasteiger partial charge on any atom is 0.313 e. The Morgan fingerprint density at radius 2 is 1.91 bits per heavy atom. The molecule has 6 heteroatoms. The Kier molecular flexibility index (Phi) is 5.27. The number of ether oxygens (including phenoxy) is 3. The van der Waals surface area contributed by atoms with E-state index in [-0.39, 0.29) is 12.7 Å². The summed E-state index contributed by atoms with van der Waals surface area (Å²) in [5.74, 6) is -1.75. The van der Waals surface area contributed by atoms with Crippen molar-refractivity contribution in [3.63, 3.8) is 0 Å². The smallest absolute Gasteiger partial charge is 0.313 e. The number of Topliss-reactive ketones (excluding diaryl/α,β-unsaturated/α-hetero) is 1. The maximum atomic E-state index is 12.2. The molecule has 0 amide bonds. The lowest BCUT2D eigenvalue weighted by Crippen LogP contribution is -2.33. The lowest BCUT2D eigenvalue weighted by Gasteiger charge is -2.13. The van der Waals surface area contributed by atoms with E-state index in [1.807, 2.05) is 30.3 Å². The standard InChI is InChI=1S/C16H18O6/c1-3-20-13(19)9-12(18)15(21-10(2)17)16-14(22-16)11-7-5-4-6-8-11/h4-8,14-16H,3,9H2,1-2H3. The molecule has 0 saturated carbocycles. The molecule has 0 spiro atoms. The van der Waals surface area contributed by atoms with Gasteiger partial charge in [0.25, 0.3) is 0 Å². The summed E-state index contributed by atoms with van der Waals surface area (Å²) in [6, 6.07) is 9.32. The van der Waals surface area contributed by atoms with Gasteiger partial charge in [-0.3, -0.25) is 14.4 Å². The largest absolute Gasteiger partial charge is 0.466 e. The normalized spacial score (nSPS) is 20.8. The molecule has 3 unspecified atom stereocenters. The van der Waals surface area contributed by atoms with Crippen molar-refractivity contribution in [1.29, 1.82) is 0 Å². The first kappa shape index (κ1) is 16.2. The van der Waals surface area contributed by atoms with Gasteiger partial charge in [0.15, 0.2) is 11.9 Å². The maximum absolute atomic E-state index is 12.2. The van der Waals surface area contributed by atoms with Crippen molar-refractivity contribution in [3.8, 4) is 0 Å². The highest BCUT2D eigenvalue weighted by Crippen LogP contribution is 2.42. The molecule has 2 rings (SSSR count). The van der Waals surface area contributed by atoms with E-state index in [0.29, 0.717) is 0 Å². The zero-order valence-corrected chi connectivity index (χ0v) is 12.5. The summed E-state index contributed by atoms with van der Waals surface area (Å²) in [5, 5.41) is 0. The average molecular weight is 306 g/mol. The highest BCUT2D eigenvalue weighted by molar-refractivity contribution is 5.99. The van der Waals surface area contributed by atoms with E-state index in [9.17, 15) is 14.4 Å². The second-order valence-corrected chi connectivity index (χ2v) is 4.91. The van der Waals surface area contributed by atoms with Gasteiger partial charge in [0, 0.05) is 6.92 Å².